The van der Waals surface area contributed by atoms with E-state index in [1.807, 2.05) is 19.2 Å². The first-order valence-corrected chi connectivity index (χ1v) is 5.86. The highest BCUT2D eigenvalue weighted by Crippen LogP contribution is 2.24. The Hall–Kier alpha value is -1.38. The Morgan fingerprint density at radius 1 is 1.44 bits per heavy atom. The SMILES string of the molecule is Cc1ccn(CCC2CCCC2=O)c(=O)c1. The Bertz CT molecular complexity index is 447. The van der Waals surface area contributed by atoms with Crippen molar-refractivity contribution in [1.82, 2.24) is 4.57 Å². The summed E-state index contributed by atoms with van der Waals surface area (Å²) < 4.78 is 1.69. The van der Waals surface area contributed by atoms with E-state index in [9.17, 15) is 9.59 Å². The number of Topliss-reactive ketones (excluding diaryl/α,β-unsaturated/α-hetero) is 1. The number of nitrogens with zero attached hydrogens (tertiary/aromatic N) is 1. The number of hydrogen-bond acceptors (Lipinski definition) is 2. The van der Waals surface area contributed by atoms with Crippen molar-refractivity contribution in [1.29, 1.82) is 0 Å². The predicted octanol–water partition coefficient (Wildman–Crippen LogP) is 1.92. The molecule has 0 aromatic carbocycles. The highest BCUT2D eigenvalue weighted by Gasteiger charge is 2.23. The van der Waals surface area contributed by atoms with Gasteiger partial charge in [-0.3, -0.25) is 9.59 Å². The van der Waals surface area contributed by atoms with Crippen LogP contribution in [0.2, 0.25) is 0 Å². The van der Waals surface area contributed by atoms with Crippen molar-refractivity contribution in [2.75, 3.05) is 0 Å². The summed E-state index contributed by atoms with van der Waals surface area (Å²) in [5.74, 6) is 0.563. The van der Waals surface area contributed by atoms with Crippen LogP contribution in [-0.4, -0.2) is 10.4 Å². The van der Waals surface area contributed by atoms with Crippen LogP contribution < -0.4 is 5.56 Å². The summed E-state index contributed by atoms with van der Waals surface area (Å²) in [5, 5.41) is 0. The van der Waals surface area contributed by atoms with Gasteiger partial charge in [-0.1, -0.05) is 0 Å². The maximum absolute atomic E-state index is 11.6. The van der Waals surface area contributed by atoms with Crippen molar-refractivity contribution < 1.29 is 4.79 Å². The molecule has 3 heteroatoms. The summed E-state index contributed by atoms with van der Waals surface area (Å²) in [6, 6.07) is 3.56. The second-order valence-corrected chi connectivity index (χ2v) is 4.58. The number of rotatable bonds is 3. The molecule has 3 nitrogen and oxygen atoms in total. The quantitative estimate of drug-likeness (QED) is 0.779. The molecule has 1 aliphatic rings. The van der Waals surface area contributed by atoms with Crippen molar-refractivity contribution in [2.24, 2.45) is 5.92 Å². The maximum atomic E-state index is 11.6. The first-order chi connectivity index (χ1) is 7.66. The van der Waals surface area contributed by atoms with Crippen LogP contribution in [0.4, 0.5) is 0 Å². The molecular formula is C13H17NO2. The monoisotopic (exact) mass is 219 g/mol. The molecule has 0 saturated heterocycles. The molecule has 0 N–H and O–H groups in total. The fraction of sp³-hybridized carbons (Fsp3) is 0.538. The Morgan fingerprint density at radius 3 is 2.88 bits per heavy atom. The van der Waals surface area contributed by atoms with Crippen LogP contribution in [0.15, 0.2) is 23.1 Å². The van der Waals surface area contributed by atoms with Gasteiger partial charge in [0, 0.05) is 31.1 Å². The molecular weight excluding hydrogens is 202 g/mol. The van der Waals surface area contributed by atoms with Crippen molar-refractivity contribution in [2.45, 2.75) is 39.2 Å². The second-order valence-electron chi connectivity index (χ2n) is 4.58. The van der Waals surface area contributed by atoms with Crippen LogP contribution in [0, 0.1) is 12.8 Å². The number of hydrogen-bond donors (Lipinski definition) is 0. The van der Waals surface area contributed by atoms with Crippen molar-refractivity contribution in [3.8, 4) is 0 Å². The lowest BCUT2D eigenvalue weighted by Crippen LogP contribution is -2.21. The first-order valence-electron chi connectivity index (χ1n) is 5.86. The van der Waals surface area contributed by atoms with E-state index in [0.717, 1.165) is 31.2 Å². The van der Waals surface area contributed by atoms with Crippen molar-refractivity contribution >= 4 is 5.78 Å². The average Bonchev–Trinajstić information content (AvgIpc) is 2.63. The molecule has 1 aromatic rings. The lowest BCUT2D eigenvalue weighted by molar-refractivity contribution is -0.120. The summed E-state index contributed by atoms with van der Waals surface area (Å²) in [5.41, 5.74) is 1.02. The van der Waals surface area contributed by atoms with E-state index < -0.39 is 0 Å². The Labute approximate surface area is 95.1 Å². The van der Waals surface area contributed by atoms with Gasteiger partial charge in [0.1, 0.15) is 5.78 Å². The molecule has 0 bridgehead atoms. The second kappa shape index (κ2) is 4.64. The minimum atomic E-state index is 0.0328. The third-order valence-electron chi connectivity index (χ3n) is 3.30. The summed E-state index contributed by atoms with van der Waals surface area (Å²) in [6.45, 7) is 2.57. The van der Waals surface area contributed by atoms with E-state index >= 15 is 0 Å². The van der Waals surface area contributed by atoms with E-state index in [-0.39, 0.29) is 11.5 Å². The molecule has 1 saturated carbocycles. The van der Waals surface area contributed by atoms with E-state index in [1.54, 1.807) is 10.6 Å². The van der Waals surface area contributed by atoms with Crippen LogP contribution in [0.5, 0.6) is 0 Å². The largest absolute Gasteiger partial charge is 0.316 e. The van der Waals surface area contributed by atoms with E-state index in [1.165, 1.54) is 0 Å². The number of carbonyl (C=O) groups excluding carboxylic acids is 1. The van der Waals surface area contributed by atoms with Gasteiger partial charge in [-0.15, -0.1) is 0 Å². The third kappa shape index (κ3) is 2.40. The van der Waals surface area contributed by atoms with Crippen molar-refractivity contribution in [3.63, 3.8) is 0 Å². The zero-order valence-electron chi connectivity index (χ0n) is 9.61. The molecule has 0 aliphatic heterocycles. The number of aromatic nitrogens is 1. The first kappa shape index (κ1) is 11.1. The highest BCUT2D eigenvalue weighted by atomic mass is 16.1. The lowest BCUT2D eigenvalue weighted by atomic mass is 10.0. The number of ketones is 1. The Balaban J connectivity index is 1.99. The standard InChI is InChI=1S/C13H17NO2/c1-10-5-7-14(13(16)9-10)8-6-11-3-2-4-12(11)15/h5,7,9,11H,2-4,6,8H2,1H3. The van der Waals surface area contributed by atoms with Crippen LogP contribution in [0.1, 0.15) is 31.2 Å². The lowest BCUT2D eigenvalue weighted by Gasteiger charge is -2.09. The van der Waals surface area contributed by atoms with Gasteiger partial charge >= 0.3 is 0 Å². The molecule has 86 valence electrons. The average molecular weight is 219 g/mol. The Morgan fingerprint density at radius 2 is 2.25 bits per heavy atom. The maximum Gasteiger partial charge on any atom is 0.250 e. The topological polar surface area (TPSA) is 39.1 Å². The molecule has 0 radical (unpaired) electrons. The number of carbonyl (C=O) groups is 1. The van der Waals surface area contributed by atoms with Gasteiger partial charge < -0.3 is 4.57 Å². The molecule has 1 unspecified atom stereocenters. The molecule has 16 heavy (non-hydrogen) atoms. The molecule has 0 amide bonds. The molecule has 1 heterocycles. The Kier molecular flexibility index (Phi) is 3.22. The van der Waals surface area contributed by atoms with Crippen LogP contribution in [-0.2, 0) is 11.3 Å². The van der Waals surface area contributed by atoms with Gasteiger partial charge in [-0.2, -0.15) is 0 Å². The fourth-order valence-corrected chi connectivity index (χ4v) is 2.28. The zero-order valence-corrected chi connectivity index (χ0v) is 9.61. The summed E-state index contributed by atoms with van der Waals surface area (Å²) in [4.78, 5) is 23.1. The van der Waals surface area contributed by atoms with E-state index in [2.05, 4.69) is 0 Å². The molecule has 1 aliphatic carbocycles. The van der Waals surface area contributed by atoms with Gasteiger partial charge in [0.15, 0.2) is 0 Å². The summed E-state index contributed by atoms with van der Waals surface area (Å²) in [7, 11) is 0. The summed E-state index contributed by atoms with van der Waals surface area (Å²) in [6.07, 6.45) is 5.37. The van der Waals surface area contributed by atoms with Gasteiger partial charge in [0.05, 0.1) is 0 Å². The molecule has 1 atom stereocenters. The van der Waals surface area contributed by atoms with Gasteiger partial charge in [0.2, 0.25) is 0 Å². The van der Waals surface area contributed by atoms with Crippen LogP contribution in [0.3, 0.4) is 0 Å². The van der Waals surface area contributed by atoms with Gasteiger partial charge in [0.25, 0.3) is 5.56 Å². The molecule has 2 rings (SSSR count). The van der Waals surface area contributed by atoms with E-state index in [4.69, 9.17) is 0 Å². The third-order valence-corrected chi connectivity index (χ3v) is 3.30. The zero-order chi connectivity index (χ0) is 11.5. The minimum absolute atomic E-state index is 0.0328. The summed E-state index contributed by atoms with van der Waals surface area (Å²) >= 11 is 0. The van der Waals surface area contributed by atoms with Gasteiger partial charge in [-0.25, -0.2) is 0 Å². The van der Waals surface area contributed by atoms with Crippen molar-refractivity contribution in [3.05, 3.63) is 34.2 Å². The number of aryl methyl sites for hydroxylation is 2. The van der Waals surface area contributed by atoms with Crippen LogP contribution in [0.25, 0.3) is 0 Å². The molecule has 1 aromatic heterocycles. The van der Waals surface area contributed by atoms with E-state index in [0.29, 0.717) is 12.3 Å². The smallest absolute Gasteiger partial charge is 0.250 e. The molecule has 1 fully saturated rings. The number of pyridine rings is 1. The van der Waals surface area contributed by atoms with Crippen LogP contribution >= 0.6 is 0 Å². The highest BCUT2D eigenvalue weighted by molar-refractivity contribution is 5.82. The fourth-order valence-electron chi connectivity index (χ4n) is 2.28. The molecule has 0 spiro atoms. The van der Waals surface area contributed by atoms with Gasteiger partial charge in [-0.05, 0) is 37.8 Å². The predicted molar refractivity (Wildman–Crippen MR) is 62.4 cm³/mol. The minimum Gasteiger partial charge on any atom is -0.316 e. The normalized spacial score (nSPS) is 20.3.